The van der Waals surface area contributed by atoms with E-state index in [1.807, 2.05) is 35.9 Å². The average molecular weight is 396 g/mol. The van der Waals surface area contributed by atoms with Crippen LogP contribution in [0.15, 0.2) is 54.1 Å². The Kier molecular flexibility index (Phi) is 8.65. The molecule has 5 N–H and O–H groups in total. The lowest BCUT2D eigenvalue weighted by Gasteiger charge is -2.11. The van der Waals surface area contributed by atoms with Crippen molar-refractivity contribution in [1.82, 2.24) is 9.55 Å². The highest BCUT2D eigenvalue weighted by atomic mass is 32.1. The maximum absolute atomic E-state index is 8.25. The van der Waals surface area contributed by atoms with Crippen molar-refractivity contribution >= 4 is 23.4 Å². The second-order valence-electron chi connectivity index (χ2n) is 6.24. The normalized spacial score (nSPS) is 10.7. The molecule has 2 aromatic heterocycles. The van der Waals surface area contributed by atoms with E-state index < -0.39 is 0 Å². The lowest BCUT2D eigenvalue weighted by Crippen LogP contribution is -2.22. The number of thiophene rings is 1. The largest absolute Gasteiger partial charge is 0.381 e. The van der Waals surface area contributed by atoms with Crippen LogP contribution in [0.25, 0.3) is 27.9 Å². The minimum Gasteiger partial charge on any atom is -0.381 e. The summed E-state index contributed by atoms with van der Waals surface area (Å²) in [6.07, 6.45) is 8.89. The van der Waals surface area contributed by atoms with Crippen molar-refractivity contribution in [2.24, 2.45) is 5.73 Å². The Hall–Kier alpha value is -2.70. The molecule has 0 aliphatic heterocycles. The number of unbranched alkanes of at least 4 members (excludes halogenated alkanes) is 1. The highest BCUT2D eigenvalue weighted by molar-refractivity contribution is 7.14. The van der Waals surface area contributed by atoms with E-state index in [9.17, 15) is 0 Å². The van der Waals surface area contributed by atoms with Gasteiger partial charge in [-0.2, -0.15) is 0 Å². The molecule has 0 atom stereocenters. The maximum Gasteiger partial charge on any atom is 0.172 e. The standard InChI is InChI=1S/C18H19N5S.C4H10/c19-9-4-5-10-23-15(12-22-17(20)18(23)21)16-14(8-11-24-16)13-6-2-1-3-7-13;1-3-4-2/h1-3,5-8,10-12,21H,4,9,19H2,(H2,20,22);3-4H2,1-2H3/b10-5+,21-18?;. The van der Waals surface area contributed by atoms with Gasteiger partial charge in [0.2, 0.25) is 0 Å². The summed E-state index contributed by atoms with van der Waals surface area (Å²) in [5.41, 5.74) is 14.6. The summed E-state index contributed by atoms with van der Waals surface area (Å²) >= 11 is 1.62. The smallest absolute Gasteiger partial charge is 0.172 e. The van der Waals surface area contributed by atoms with Crippen molar-refractivity contribution in [3.63, 3.8) is 0 Å². The third-order valence-corrected chi connectivity index (χ3v) is 5.08. The van der Waals surface area contributed by atoms with Gasteiger partial charge in [0.1, 0.15) is 0 Å². The minimum absolute atomic E-state index is 0.174. The van der Waals surface area contributed by atoms with E-state index in [4.69, 9.17) is 16.9 Å². The zero-order chi connectivity index (χ0) is 20.4. The number of aromatic nitrogens is 2. The van der Waals surface area contributed by atoms with Crippen molar-refractivity contribution in [3.05, 3.63) is 59.5 Å². The number of hydrogen-bond donors (Lipinski definition) is 3. The molecule has 5 nitrogen and oxygen atoms in total. The fraction of sp³-hybridized carbons (Fsp3) is 0.273. The van der Waals surface area contributed by atoms with E-state index in [-0.39, 0.29) is 11.3 Å². The van der Waals surface area contributed by atoms with Gasteiger partial charge in [0.25, 0.3) is 0 Å². The zero-order valence-electron chi connectivity index (χ0n) is 16.6. The van der Waals surface area contributed by atoms with Crippen LogP contribution >= 0.6 is 11.3 Å². The molecule has 148 valence electrons. The number of nitrogens with one attached hydrogen (secondary N) is 1. The van der Waals surface area contributed by atoms with Crippen LogP contribution in [-0.4, -0.2) is 16.1 Å². The molecule has 0 fully saturated rings. The topological polar surface area (TPSA) is 93.7 Å². The van der Waals surface area contributed by atoms with Gasteiger partial charge in [0.15, 0.2) is 11.3 Å². The Bertz CT molecular complexity index is 939. The number of benzene rings is 1. The van der Waals surface area contributed by atoms with Crippen molar-refractivity contribution in [2.45, 2.75) is 33.1 Å². The summed E-state index contributed by atoms with van der Waals surface area (Å²) in [5, 5.41) is 10.3. The molecule has 0 bridgehead atoms. The first-order valence-corrected chi connectivity index (χ1v) is 10.4. The van der Waals surface area contributed by atoms with Crippen LogP contribution in [0.4, 0.5) is 5.82 Å². The van der Waals surface area contributed by atoms with Crippen molar-refractivity contribution < 1.29 is 0 Å². The molecule has 0 unspecified atom stereocenters. The third kappa shape index (κ3) is 5.41. The Morgan fingerprint density at radius 1 is 1.14 bits per heavy atom. The van der Waals surface area contributed by atoms with E-state index in [0.29, 0.717) is 6.54 Å². The Balaban J connectivity index is 0.000000640. The Morgan fingerprint density at radius 3 is 2.50 bits per heavy atom. The molecule has 0 amide bonds. The Morgan fingerprint density at radius 2 is 1.86 bits per heavy atom. The van der Waals surface area contributed by atoms with Crippen LogP contribution < -0.4 is 17.0 Å². The predicted molar refractivity (Wildman–Crippen MR) is 121 cm³/mol. The number of anilines is 1. The molecule has 0 radical (unpaired) electrons. The van der Waals surface area contributed by atoms with Gasteiger partial charge >= 0.3 is 0 Å². The second-order valence-corrected chi connectivity index (χ2v) is 7.15. The van der Waals surface area contributed by atoms with Gasteiger partial charge in [-0.3, -0.25) is 9.98 Å². The molecule has 6 heteroatoms. The van der Waals surface area contributed by atoms with Gasteiger partial charge in [0, 0.05) is 11.8 Å². The summed E-state index contributed by atoms with van der Waals surface area (Å²) in [6.45, 7) is 4.93. The first-order chi connectivity index (χ1) is 13.6. The minimum atomic E-state index is 0.174. The molecular formula is C22H29N5S. The lowest BCUT2D eigenvalue weighted by atomic mass is 10.1. The van der Waals surface area contributed by atoms with Crippen LogP contribution in [0, 0.1) is 5.41 Å². The number of hydrogen-bond acceptors (Lipinski definition) is 5. The lowest BCUT2D eigenvalue weighted by molar-refractivity contribution is 0.886. The summed E-state index contributed by atoms with van der Waals surface area (Å²) in [6, 6.07) is 12.3. The molecule has 3 aromatic rings. The highest BCUT2D eigenvalue weighted by Gasteiger charge is 2.13. The van der Waals surface area contributed by atoms with Crippen LogP contribution in [-0.2, 0) is 0 Å². The van der Waals surface area contributed by atoms with Gasteiger partial charge < -0.3 is 11.5 Å². The molecule has 0 aliphatic carbocycles. The van der Waals surface area contributed by atoms with Crippen LogP contribution in [0.2, 0.25) is 0 Å². The summed E-state index contributed by atoms with van der Waals surface area (Å²) in [7, 11) is 0. The fourth-order valence-corrected chi connectivity index (χ4v) is 3.37. The second kappa shape index (κ2) is 11.2. The first kappa shape index (κ1) is 21.6. The van der Waals surface area contributed by atoms with Crippen LogP contribution in [0.5, 0.6) is 0 Å². The number of nitrogens with zero attached hydrogens (tertiary/aromatic N) is 2. The van der Waals surface area contributed by atoms with Crippen molar-refractivity contribution in [2.75, 3.05) is 12.3 Å². The molecule has 1 aromatic carbocycles. The molecule has 28 heavy (non-hydrogen) atoms. The molecule has 0 saturated carbocycles. The SMILES string of the molecule is CCCC.N=c1c(N)ncc(-c2sccc2-c2ccccc2)n1/C=C/CCN. The maximum atomic E-state index is 8.25. The number of nitrogen functional groups attached to an aromatic ring is 1. The van der Waals surface area contributed by atoms with E-state index in [1.54, 1.807) is 22.1 Å². The van der Waals surface area contributed by atoms with Gasteiger partial charge in [-0.1, -0.05) is 63.1 Å². The van der Waals surface area contributed by atoms with Gasteiger partial charge in [0.05, 0.1) is 16.8 Å². The average Bonchev–Trinajstić information content (AvgIpc) is 3.22. The van der Waals surface area contributed by atoms with Crippen molar-refractivity contribution in [3.8, 4) is 21.7 Å². The Labute approximate surface area is 170 Å². The summed E-state index contributed by atoms with van der Waals surface area (Å²) < 4.78 is 1.76. The summed E-state index contributed by atoms with van der Waals surface area (Å²) in [5.74, 6) is 0.203. The highest BCUT2D eigenvalue weighted by Crippen LogP contribution is 2.36. The van der Waals surface area contributed by atoms with Gasteiger partial charge in [-0.05, 0) is 30.0 Å². The predicted octanol–water partition coefficient (Wildman–Crippen LogP) is 4.97. The fourth-order valence-electron chi connectivity index (χ4n) is 2.45. The van der Waals surface area contributed by atoms with E-state index in [1.165, 1.54) is 12.8 Å². The van der Waals surface area contributed by atoms with Gasteiger partial charge in [-0.25, -0.2) is 4.98 Å². The first-order valence-electron chi connectivity index (χ1n) is 9.55. The van der Waals surface area contributed by atoms with E-state index >= 15 is 0 Å². The molecule has 2 heterocycles. The summed E-state index contributed by atoms with van der Waals surface area (Å²) in [4.78, 5) is 5.23. The number of nitrogens with two attached hydrogens (primary N) is 2. The molecule has 0 saturated heterocycles. The van der Waals surface area contributed by atoms with Crippen molar-refractivity contribution in [1.29, 1.82) is 5.41 Å². The van der Waals surface area contributed by atoms with Gasteiger partial charge in [-0.15, -0.1) is 11.3 Å². The monoisotopic (exact) mass is 395 g/mol. The molecular weight excluding hydrogens is 366 g/mol. The van der Waals surface area contributed by atoms with Crippen LogP contribution in [0.1, 0.15) is 33.1 Å². The van der Waals surface area contributed by atoms with E-state index in [0.717, 1.165) is 28.1 Å². The molecule has 0 aliphatic rings. The quantitative estimate of drug-likeness (QED) is 0.550. The zero-order valence-corrected chi connectivity index (χ0v) is 17.4. The number of rotatable bonds is 6. The molecule has 0 spiro atoms. The van der Waals surface area contributed by atoms with E-state index in [2.05, 4.69) is 37.0 Å². The van der Waals surface area contributed by atoms with Crippen LogP contribution in [0.3, 0.4) is 0 Å². The molecule has 3 rings (SSSR count). The third-order valence-electron chi connectivity index (χ3n) is 4.14.